The number of halogens is 1. The monoisotopic (exact) mass is 459 g/mol. The molecule has 8 heteroatoms. The van der Waals surface area contributed by atoms with Gasteiger partial charge in [-0.1, -0.05) is 18.2 Å². The molecule has 2 amide bonds. The number of likely N-dealkylation sites (tertiary alicyclic amines) is 1. The van der Waals surface area contributed by atoms with Gasteiger partial charge in [0.1, 0.15) is 5.82 Å². The van der Waals surface area contributed by atoms with Gasteiger partial charge in [-0.2, -0.15) is 0 Å². The maximum absolute atomic E-state index is 13.5. The predicted molar refractivity (Wildman–Crippen MR) is 126 cm³/mol. The smallest absolute Gasteiger partial charge is 0.253 e. The van der Waals surface area contributed by atoms with Crippen LogP contribution in [-0.4, -0.2) is 46.3 Å². The number of aromatic nitrogens is 2. The second-order valence-electron chi connectivity index (χ2n) is 9.02. The van der Waals surface area contributed by atoms with E-state index in [1.807, 2.05) is 29.2 Å². The van der Waals surface area contributed by atoms with Crippen LogP contribution in [0.25, 0.3) is 0 Å². The van der Waals surface area contributed by atoms with Crippen LogP contribution in [0.3, 0.4) is 0 Å². The van der Waals surface area contributed by atoms with E-state index < -0.39 is 0 Å². The first-order chi connectivity index (χ1) is 16.5. The number of piperidine rings is 2. The fourth-order valence-electron chi connectivity index (χ4n) is 5.19. The summed E-state index contributed by atoms with van der Waals surface area (Å²) in [7, 11) is 0. The van der Waals surface area contributed by atoms with E-state index >= 15 is 0 Å². The van der Waals surface area contributed by atoms with E-state index in [0.29, 0.717) is 37.6 Å². The number of carbonyl (C=O) groups excluding carboxylic acids is 2. The summed E-state index contributed by atoms with van der Waals surface area (Å²) in [6.45, 7) is 1.68. The van der Waals surface area contributed by atoms with Crippen molar-refractivity contribution < 1.29 is 14.0 Å². The molecule has 0 aliphatic carbocycles. The van der Waals surface area contributed by atoms with Crippen molar-refractivity contribution in [3.63, 3.8) is 0 Å². The fourth-order valence-corrected chi connectivity index (χ4v) is 5.19. The highest BCUT2D eigenvalue weighted by Crippen LogP contribution is 2.48. The van der Waals surface area contributed by atoms with E-state index in [2.05, 4.69) is 20.6 Å². The van der Waals surface area contributed by atoms with Crippen LogP contribution in [-0.2, 0) is 4.79 Å². The van der Waals surface area contributed by atoms with Crippen LogP contribution in [0.4, 0.5) is 16.0 Å². The third-order valence-electron chi connectivity index (χ3n) is 7.01. The van der Waals surface area contributed by atoms with Crippen molar-refractivity contribution in [2.45, 2.75) is 25.2 Å². The second kappa shape index (κ2) is 9.21. The molecule has 2 aliphatic rings. The summed E-state index contributed by atoms with van der Waals surface area (Å²) in [6.07, 6.45) is 5.18. The van der Waals surface area contributed by atoms with Crippen LogP contribution in [0.15, 0.2) is 67.0 Å². The van der Waals surface area contributed by atoms with Gasteiger partial charge in [-0.05, 0) is 60.2 Å². The van der Waals surface area contributed by atoms with Crippen molar-refractivity contribution in [3.05, 3.63) is 83.9 Å². The van der Waals surface area contributed by atoms with Crippen molar-refractivity contribution >= 4 is 23.5 Å². The average molecular weight is 460 g/mol. The van der Waals surface area contributed by atoms with Crippen molar-refractivity contribution in [3.8, 4) is 0 Å². The summed E-state index contributed by atoms with van der Waals surface area (Å²) in [5, 5.41) is 6.09. The summed E-state index contributed by atoms with van der Waals surface area (Å²) in [5.41, 5.74) is 2.13. The van der Waals surface area contributed by atoms with Gasteiger partial charge in [-0.15, -0.1) is 0 Å². The van der Waals surface area contributed by atoms with Crippen LogP contribution in [0.1, 0.15) is 41.1 Å². The fraction of sp³-hybridized carbons (Fsp3) is 0.308. The summed E-state index contributed by atoms with van der Waals surface area (Å²) in [6, 6.07) is 15.6. The Hall–Kier alpha value is -3.81. The zero-order chi connectivity index (χ0) is 23.5. The lowest BCUT2D eigenvalue weighted by Crippen LogP contribution is -2.52. The minimum atomic E-state index is -0.270. The lowest BCUT2D eigenvalue weighted by atomic mass is 9.62. The number of amides is 2. The summed E-state index contributed by atoms with van der Waals surface area (Å²) < 4.78 is 13.5. The number of nitrogens with zero attached hydrogens (tertiary/aromatic N) is 3. The first-order valence-corrected chi connectivity index (χ1v) is 11.5. The first-order valence-electron chi connectivity index (χ1n) is 11.5. The molecule has 1 aromatic heterocycles. The Labute approximate surface area is 197 Å². The van der Waals surface area contributed by atoms with E-state index in [4.69, 9.17) is 0 Å². The Morgan fingerprint density at radius 3 is 2.53 bits per heavy atom. The van der Waals surface area contributed by atoms with E-state index in [-0.39, 0.29) is 29.0 Å². The molecule has 174 valence electrons. The molecule has 0 radical (unpaired) electrons. The minimum Gasteiger partial charge on any atom is -0.355 e. The predicted octanol–water partition coefficient (Wildman–Crippen LogP) is 3.89. The molecule has 3 aromatic rings. The minimum absolute atomic E-state index is 0.0360. The van der Waals surface area contributed by atoms with Gasteiger partial charge in [0.2, 0.25) is 11.9 Å². The molecule has 2 fully saturated rings. The lowest BCUT2D eigenvalue weighted by Gasteiger charge is -2.49. The van der Waals surface area contributed by atoms with Crippen LogP contribution in [0.2, 0.25) is 0 Å². The molecule has 3 heterocycles. The molecule has 2 N–H and O–H groups in total. The normalized spacial score (nSPS) is 19.5. The lowest BCUT2D eigenvalue weighted by molar-refractivity contribution is -0.127. The Bertz CT molecular complexity index is 1180. The molecule has 0 saturated carbocycles. The molecule has 1 spiro atoms. The number of anilines is 2. The molecule has 0 bridgehead atoms. The van der Waals surface area contributed by atoms with Gasteiger partial charge in [-0.25, -0.2) is 14.4 Å². The van der Waals surface area contributed by atoms with Gasteiger partial charge < -0.3 is 15.5 Å². The van der Waals surface area contributed by atoms with Crippen molar-refractivity contribution in [1.29, 1.82) is 0 Å². The highest BCUT2D eigenvalue weighted by Gasteiger charge is 2.46. The van der Waals surface area contributed by atoms with E-state index in [9.17, 15) is 14.0 Å². The first kappa shape index (κ1) is 22.0. The van der Waals surface area contributed by atoms with Crippen molar-refractivity contribution in [2.24, 2.45) is 5.41 Å². The van der Waals surface area contributed by atoms with Crippen LogP contribution in [0.5, 0.6) is 0 Å². The van der Waals surface area contributed by atoms with E-state index in [1.54, 1.807) is 30.6 Å². The molecular formula is C26H26FN5O2. The maximum atomic E-state index is 13.5. The topological polar surface area (TPSA) is 87.2 Å². The number of nitrogens with one attached hydrogen (secondary N) is 2. The molecular weight excluding hydrogens is 433 g/mol. The van der Waals surface area contributed by atoms with Crippen molar-refractivity contribution in [2.75, 3.05) is 25.0 Å². The molecule has 0 unspecified atom stereocenters. The number of hydrogen-bond donors (Lipinski definition) is 2. The van der Waals surface area contributed by atoms with Crippen LogP contribution in [0, 0.1) is 11.2 Å². The standard InChI is InChI=1S/C26H26FN5O2/c27-20-7-5-18(6-8-20)22-17-30-23(33)16-26(22)9-13-32(14-10-26)24(34)19-3-1-4-21(15-19)31-25-28-11-2-12-29-25/h1-8,11-12,15,22H,9-10,13-14,16-17H2,(H,30,33)(H,28,29,31)/t22-/m1/s1. The molecule has 2 aliphatic heterocycles. The van der Waals surface area contributed by atoms with Gasteiger partial charge in [-0.3, -0.25) is 9.59 Å². The van der Waals surface area contributed by atoms with Gasteiger partial charge in [0.15, 0.2) is 0 Å². The highest BCUT2D eigenvalue weighted by molar-refractivity contribution is 5.95. The summed E-state index contributed by atoms with van der Waals surface area (Å²) in [5.74, 6) is 0.301. The maximum Gasteiger partial charge on any atom is 0.253 e. The number of carbonyl (C=O) groups is 2. The Kier molecular flexibility index (Phi) is 5.96. The Balaban J connectivity index is 1.30. The third kappa shape index (κ3) is 4.48. The molecule has 7 nitrogen and oxygen atoms in total. The van der Waals surface area contributed by atoms with Crippen LogP contribution >= 0.6 is 0 Å². The average Bonchev–Trinajstić information content (AvgIpc) is 2.86. The number of rotatable bonds is 4. The van der Waals surface area contributed by atoms with Gasteiger partial charge in [0.25, 0.3) is 5.91 Å². The Morgan fingerprint density at radius 1 is 1.06 bits per heavy atom. The Morgan fingerprint density at radius 2 is 1.79 bits per heavy atom. The largest absolute Gasteiger partial charge is 0.355 e. The van der Waals surface area contributed by atoms with E-state index in [1.165, 1.54) is 12.1 Å². The highest BCUT2D eigenvalue weighted by atomic mass is 19.1. The zero-order valence-corrected chi connectivity index (χ0v) is 18.7. The molecule has 2 aromatic carbocycles. The van der Waals surface area contributed by atoms with Gasteiger partial charge in [0, 0.05) is 55.6 Å². The molecule has 1 atom stereocenters. The second-order valence-corrected chi connectivity index (χ2v) is 9.02. The molecule has 5 rings (SSSR count). The quantitative estimate of drug-likeness (QED) is 0.618. The summed E-state index contributed by atoms with van der Waals surface area (Å²) >= 11 is 0. The SMILES string of the molecule is O=C1CC2(CCN(C(=O)c3cccc(Nc4ncccn4)c3)CC2)[C@@H](c2ccc(F)cc2)CN1. The number of hydrogen-bond acceptors (Lipinski definition) is 5. The number of benzene rings is 2. The summed E-state index contributed by atoms with van der Waals surface area (Å²) in [4.78, 5) is 35.8. The third-order valence-corrected chi connectivity index (χ3v) is 7.01. The van der Waals surface area contributed by atoms with Gasteiger partial charge in [0.05, 0.1) is 0 Å². The van der Waals surface area contributed by atoms with E-state index in [0.717, 1.165) is 24.1 Å². The molecule has 2 saturated heterocycles. The zero-order valence-electron chi connectivity index (χ0n) is 18.7. The van der Waals surface area contributed by atoms with Crippen LogP contribution < -0.4 is 10.6 Å². The van der Waals surface area contributed by atoms with Gasteiger partial charge >= 0.3 is 0 Å². The van der Waals surface area contributed by atoms with Crippen molar-refractivity contribution in [1.82, 2.24) is 20.2 Å². The molecule has 34 heavy (non-hydrogen) atoms.